The van der Waals surface area contributed by atoms with E-state index in [9.17, 15) is 14.4 Å². The van der Waals surface area contributed by atoms with Gasteiger partial charge in [0, 0.05) is 19.3 Å². The minimum Gasteiger partial charge on any atom is -0.462 e. The minimum atomic E-state index is -0.802. The van der Waals surface area contributed by atoms with Crippen molar-refractivity contribution in [3.8, 4) is 0 Å². The zero-order chi connectivity index (χ0) is 59.2. The molecule has 6 nitrogen and oxygen atoms in total. The molecule has 0 saturated heterocycles. The zero-order valence-corrected chi connectivity index (χ0v) is 53.7. The molecule has 0 heterocycles. The first-order valence-electron chi connectivity index (χ1n) is 34.5. The van der Waals surface area contributed by atoms with Crippen LogP contribution in [0.4, 0.5) is 0 Å². The van der Waals surface area contributed by atoms with Gasteiger partial charge in [0.15, 0.2) is 6.10 Å². The Kier molecular flexibility index (Phi) is 65.8. The first-order chi connectivity index (χ1) is 40.5. The molecule has 0 bridgehead atoms. The number of carbonyl (C=O) groups excluding carboxylic acids is 3. The van der Waals surface area contributed by atoms with Gasteiger partial charge >= 0.3 is 17.9 Å². The van der Waals surface area contributed by atoms with Gasteiger partial charge in [-0.2, -0.15) is 0 Å². The summed E-state index contributed by atoms with van der Waals surface area (Å²) in [4.78, 5) is 38.5. The Balaban J connectivity index is 4.45. The Morgan fingerprint density at radius 1 is 0.256 bits per heavy atom. The van der Waals surface area contributed by atoms with E-state index in [1.54, 1.807) is 0 Å². The number of unbranched alkanes of at least 4 members (excludes halogenated alkanes) is 31. The summed E-state index contributed by atoms with van der Waals surface area (Å²) in [5.74, 6) is -0.919. The van der Waals surface area contributed by atoms with Crippen LogP contribution >= 0.6 is 0 Å². The van der Waals surface area contributed by atoms with Crippen molar-refractivity contribution in [2.75, 3.05) is 13.2 Å². The topological polar surface area (TPSA) is 78.9 Å². The summed E-state index contributed by atoms with van der Waals surface area (Å²) in [6, 6.07) is 0. The molecule has 0 aromatic carbocycles. The van der Waals surface area contributed by atoms with Crippen LogP contribution in [0, 0.1) is 0 Å². The van der Waals surface area contributed by atoms with Gasteiger partial charge in [0.1, 0.15) is 13.2 Å². The van der Waals surface area contributed by atoms with E-state index in [1.807, 2.05) is 0 Å². The van der Waals surface area contributed by atoms with Crippen LogP contribution < -0.4 is 0 Å². The van der Waals surface area contributed by atoms with E-state index in [0.29, 0.717) is 19.3 Å². The minimum absolute atomic E-state index is 0.0924. The lowest BCUT2D eigenvalue weighted by Gasteiger charge is -2.18. The summed E-state index contributed by atoms with van der Waals surface area (Å²) >= 11 is 0. The fourth-order valence-corrected chi connectivity index (χ4v) is 9.62. The van der Waals surface area contributed by atoms with E-state index in [4.69, 9.17) is 14.2 Å². The second-order valence-corrected chi connectivity index (χ2v) is 22.7. The highest BCUT2D eigenvalue weighted by Gasteiger charge is 2.19. The summed E-state index contributed by atoms with van der Waals surface area (Å²) in [5.41, 5.74) is 0. The lowest BCUT2D eigenvalue weighted by molar-refractivity contribution is -0.167. The second-order valence-electron chi connectivity index (χ2n) is 22.7. The van der Waals surface area contributed by atoms with E-state index in [0.717, 1.165) is 161 Å². The summed E-state index contributed by atoms with van der Waals surface area (Å²) in [5, 5.41) is 0. The fraction of sp³-hybridized carbons (Fsp3) is 0.697. The molecule has 0 radical (unpaired) electrons. The van der Waals surface area contributed by atoms with E-state index in [-0.39, 0.29) is 31.1 Å². The molecule has 0 aromatic heterocycles. The van der Waals surface area contributed by atoms with E-state index >= 15 is 0 Å². The van der Waals surface area contributed by atoms with Crippen molar-refractivity contribution in [3.63, 3.8) is 0 Å². The van der Waals surface area contributed by atoms with Crippen molar-refractivity contribution in [1.82, 2.24) is 0 Å². The largest absolute Gasteiger partial charge is 0.462 e. The molecule has 82 heavy (non-hydrogen) atoms. The van der Waals surface area contributed by atoms with E-state index < -0.39 is 6.10 Å². The Morgan fingerprint density at radius 2 is 0.476 bits per heavy atom. The maximum Gasteiger partial charge on any atom is 0.306 e. The predicted molar refractivity (Wildman–Crippen MR) is 357 cm³/mol. The number of allylic oxidation sites excluding steroid dienone is 20. The van der Waals surface area contributed by atoms with Gasteiger partial charge in [-0.05, 0) is 109 Å². The van der Waals surface area contributed by atoms with Gasteiger partial charge in [-0.15, -0.1) is 0 Å². The highest BCUT2D eigenvalue weighted by molar-refractivity contribution is 5.71. The zero-order valence-electron chi connectivity index (χ0n) is 53.7. The van der Waals surface area contributed by atoms with Crippen molar-refractivity contribution < 1.29 is 28.6 Å². The average Bonchev–Trinajstić information content (AvgIpc) is 3.47. The standard InChI is InChI=1S/C76H128O6/c1-4-7-10-13-16-19-22-25-28-31-34-37-40-42-45-48-51-54-57-60-63-66-69-75(78)81-72-73(82-76(79)70-67-64-61-58-55-52-49-46-43-39-36-33-30-27-24-21-18-15-12-9-6-3)71-80-74(77)68-65-62-59-56-53-50-47-44-41-38-35-32-29-26-23-20-17-14-11-8-5-2/h8-9,11-12,17-18,20-21,26-27,29-30,35-36,38-39,44,46-47,49,73H,4-7,10,13-16,19,22-25,28,31-34,37,40-43,45,48,50-72H2,1-3H3/b11-8-,12-9-,20-17-,21-18-,29-26-,30-27-,38-35-,39-36-,47-44-,49-46-. The molecule has 468 valence electrons. The number of carbonyl (C=O) groups is 3. The molecule has 1 atom stereocenters. The normalized spacial score (nSPS) is 12.9. The summed E-state index contributed by atoms with van der Waals surface area (Å²) < 4.78 is 17.0. The van der Waals surface area contributed by atoms with Crippen LogP contribution in [0.3, 0.4) is 0 Å². The highest BCUT2D eigenvalue weighted by atomic mass is 16.6. The maximum absolute atomic E-state index is 13.0. The number of hydrogen-bond donors (Lipinski definition) is 0. The second kappa shape index (κ2) is 69.3. The first kappa shape index (κ1) is 77.8. The van der Waals surface area contributed by atoms with E-state index in [2.05, 4.69) is 142 Å². The Hall–Kier alpha value is -4.19. The maximum atomic E-state index is 13.0. The third-order valence-corrected chi connectivity index (χ3v) is 14.7. The molecule has 0 aliphatic rings. The van der Waals surface area contributed by atoms with Crippen LogP contribution in [0.15, 0.2) is 122 Å². The van der Waals surface area contributed by atoms with Crippen LogP contribution in [0.1, 0.15) is 323 Å². The molecule has 0 rings (SSSR count). The first-order valence-corrected chi connectivity index (χ1v) is 34.5. The van der Waals surface area contributed by atoms with Crippen molar-refractivity contribution >= 4 is 17.9 Å². The Labute approximate surface area is 507 Å². The molecular formula is C76H128O6. The molecule has 0 spiro atoms. The van der Waals surface area contributed by atoms with Gasteiger partial charge in [-0.3, -0.25) is 14.4 Å². The van der Waals surface area contributed by atoms with Crippen molar-refractivity contribution in [2.45, 2.75) is 329 Å². The number of ether oxygens (including phenoxy) is 3. The average molecular weight is 1140 g/mol. The number of hydrogen-bond acceptors (Lipinski definition) is 6. The van der Waals surface area contributed by atoms with Gasteiger partial charge in [-0.1, -0.05) is 316 Å². The molecule has 0 fully saturated rings. The van der Waals surface area contributed by atoms with Crippen LogP contribution in [0.25, 0.3) is 0 Å². The van der Waals surface area contributed by atoms with Crippen LogP contribution in [-0.4, -0.2) is 37.2 Å². The van der Waals surface area contributed by atoms with Gasteiger partial charge in [0.05, 0.1) is 0 Å². The summed E-state index contributed by atoms with van der Waals surface area (Å²) in [7, 11) is 0. The molecule has 0 aromatic rings. The molecular weight excluding hydrogens is 1010 g/mol. The lowest BCUT2D eigenvalue weighted by atomic mass is 10.0. The summed E-state index contributed by atoms with van der Waals surface area (Å²) in [6.45, 7) is 6.42. The van der Waals surface area contributed by atoms with Crippen molar-refractivity contribution in [2.24, 2.45) is 0 Å². The highest BCUT2D eigenvalue weighted by Crippen LogP contribution is 2.17. The third kappa shape index (κ3) is 66.6. The molecule has 6 heteroatoms. The number of rotatable bonds is 62. The Morgan fingerprint density at radius 3 is 0.744 bits per heavy atom. The summed E-state index contributed by atoms with van der Waals surface area (Å²) in [6.07, 6.45) is 96.4. The molecule has 0 N–H and O–H groups in total. The van der Waals surface area contributed by atoms with Gasteiger partial charge in [-0.25, -0.2) is 0 Å². The van der Waals surface area contributed by atoms with Crippen LogP contribution in [0.5, 0.6) is 0 Å². The monoisotopic (exact) mass is 1140 g/mol. The van der Waals surface area contributed by atoms with Crippen LogP contribution in [0.2, 0.25) is 0 Å². The van der Waals surface area contributed by atoms with Gasteiger partial charge < -0.3 is 14.2 Å². The predicted octanol–water partition coefficient (Wildman–Crippen LogP) is 23.9. The van der Waals surface area contributed by atoms with E-state index in [1.165, 1.54) is 122 Å². The smallest absolute Gasteiger partial charge is 0.306 e. The number of esters is 3. The molecule has 0 aliphatic heterocycles. The van der Waals surface area contributed by atoms with Gasteiger partial charge in [0.2, 0.25) is 0 Å². The van der Waals surface area contributed by atoms with Crippen LogP contribution in [-0.2, 0) is 28.6 Å². The van der Waals surface area contributed by atoms with Gasteiger partial charge in [0.25, 0.3) is 0 Å². The van der Waals surface area contributed by atoms with Crippen molar-refractivity contribution in [3.05, 3.63) is 122 Å². The lowest BCUT2D eigenvalue weighted by Crippen LogP contribution is -2.30. The molecule has 0 aliphatic carbocycles. The molecule has 0 amide bonds. The van der Waals surface area contributed by atoms with Crippen molar-refractivity contribution in [1.29, 1.82) is 0 Å². The Bertz CT molecular complexity index is 1690. The quantitative estimate of drug-likeness (QED) is 0.0261. The SMILES string of the molecule is CC/C=C\C/C=C\C/C=C\C/C=C\C/C=C\CCCCCCCC(=O)OCC(COC(=O)CCCCCCCCCCCCCCCCCCCCCCCC)OC(=O)CCCCCCC/C=C\C/C=C\C/C=C\C/C=C\C/C=C\CC. The molecule has 0 saturated carbocycles. The molecule has 1 unspecified atom stereocenters. The third-order valence-electron chi connectivity index (χ3n) is 14.7. The fourth-order valence-electron chi connectivity index (χ4n) is 9.62.